The molecule has 0 saturated carbocycles. The molecule has 0 aliphatic carbocycles. The number of anilines is 2. The monoisotopic (exact) mass is 491 g/mol. The van der Waals surface area contributed by atoms with Crippen molar-refractivity contribution in [2.45, 2.75) is 33.2 Å². The summed E-state index contributed by atoms with van der Waals surface area (Å²) in [6.45, 7) is 5.72. The molecule has 7 nitrogen and oxygen atoms in total. The van der Waals surface area contributed by atoms with Gasteiger partial charge in [0, 0.05) is 21.3 Å². The van der Waals surface area contributed by atoms with Crippen molar-refractivity contribution in [3.8, 4) is 10.6 Å². The Labute approximate surface area is 200 Å². The zero-order valence-corrected chi connectivity index (χ0v) is 20.1. The Morgan fingerprint density at radius 1 is 1.09 bits per heavy atom. The number of rotatable bonds is 7. The van der Waals surface area contributed by atoms with Gasteiger partial charge in [-0.05, 0) is 42.7 Å². The molecule has 0 spiro atoms. The molecule has 0 saturated heterocycles. The van der Waals surface area contributed by atoms with Crippen molar-refractivity contribution in [2.24, 2.45) is 5.92 Å². The van der Waals surface area contributed by atoms with E-state index >= 15 is 0 Å². The molecule has 168 valence electrons. The van der Waals surface area contributed by atoms with Gasteiger partial charge in [0.25, 0.3) is 0 Å². The van der Waals surface area contributed by atoms with Gasteiger partial charge in [0.05, 0.1) is 0 Å². The van der Waals surface area contributed by atoms with Gasteiger partial charge < -0.3 is 10.6 Å². The van der Waals surface area contributed by atoms with E-state index < -0.39 is 12.1 Å². The lowest BCUT2D eigenvalue weighted by Gasteiger charge is -2.23. The number of halogens is 2. The highest BCUT2D eigenvalue weighted by Gasteiger charge is 2.27. The van der Waals surface area contributed by atoms with Crippen LogP contribution < -0.4 is 16.0 Å². The predicted molar refractivity (Wildman–Crippen MR) is 131 cm³/mol. The number of carbonyl (C=O) groups excluding carboxylic acids is 2. The second-order valence-electron chi connectivity index (χ2n) is 7.34. The zero-order valence-electron chi connectivity index (χ0n) is 17.8. The summed E-state index contributed by atoms with van der Waals surface area (Å²) in [7, 11) is 0. The van der Waals surface area contributed by atoms with Crippen LogP contribution in [0.2, 0.25) is 10.0 Å². The lowest BCUT2D eigenvalue weighted by molar-refractivity contribution is -0.119. The van der Waals surface area contributed by atoms with Crippen LogP contribution >= 0.6 is 34.5 Å². The lowest BCUT2D eigenvalue weighted by Crippen LogP contribution is -2.49. The molecule has 0 bridgehead atoms. The molecule has 0 fully saturated rings. The Balaban J connectivity index is 1.68. The van der Waals surface area contributed by atoms with Gasteiger partial charge >= 0.3 is 6.03 Å². The van der Waals surface area contributed by atoms with Crippen LogP contribution in [0.4, 0.5) is 15.6 Å². The summed E-state index contributed by atoms with van der Waals surface area (Å²) in [6, 6.07) is 11.2. The van der Waals surface area contributed by atoms with E-state index in [1.807, 2.05) is 39.0 Å². The molecular weight excluding hydrogens is 469 g/mol. The number of nitrogens with zero attached hydrogens (tertiary/aromatic N) is 2. The third-order valence-corrected chi connectivity index (χ3v) is 6.47. The number of aromatic nitrogens is 2. The minimum atomic E-state index is -0.764. The number of aryl methyl sites for hydroxylation is 1. The number of nitrogens with one attached hydrogen (secondary N) is 3. The van der Waals surface area contributed by atoms with Crippen LogP contribution in [-0.4, -0.2) is 28.2 Å². The Kier molecular flexibility index (Phi) is 8.06. The number of hydrogen-bond donors (Lipinski definition) is 3. The average molecular weight is 492 g/mol. The van der Waals surface area contributed by atoms with Crippen molar-refractivity contribution < 1.29 is 9.59 Å². The van der Waals surface area contributed by atoms with E-state index in [0.29, 0.717) is 32.3 Å². The quantitative estimate of drug-likeness (QED) is 0.377. The minimum absolute atomic E-state index is 0.109. The molecule has 1 heterocycles. The molecule has 32 heavy (non-hydrogen) atoms. The van der Waals surface area contributed by atoms with Gasteiger partial charge in [0.2, 0.25) is 11.0 Å². The van der Waals surface area contributed by atoms with E-state index in [1.165, 1.54) is 11.3 Å². The Hall–Kier alpha value is -2.68. The molecular formula is C22H23Cl2N5O2S. The standard InChI is InChI=1S/C22H23Cl2N5O2S/c1-4-12(2)18(26-21(31)25-16-9-8-13(3)17(24)11-16)19(30)27-22-29-28-20(32-22)14-6-5-7-15(23)10-14/h5-12,18H,4H2,1-3H3,(H2,25,26,31)(H,27,29,30). The molecule has 1 aromatic heterocycles. The van der Waals surface area contributed by atoms with E-state index in [2.05, 4.69) is 26.1 Å². The molecule has 3 rings (SSSR count). The van der Waals surface area contributed by atoms with Crippen molar-refractivity contribution in [3.63, 3.8) is 0 Å². The molecule has 3 amide bonds. The van der Waals surface area contributed by atoms with Gasteiger partial charge in [-0.2, -0.15) is 0 Å². The molecule has 0 aliphatic rings. The first-order chi connectivity index (χ1) is 15.3. The lowest BCUT2D eigenvalue weighted by atomic mass is 9.98. The smallest absolute Gasteiger partial charge is 0.319 e. The summed E-state index contributed by atoms with van der Waals surface area (Å²) in [5.41, 5.74) is 2.25. The first kappa shape index (κ1) is 24.0. The number of amides is 3. The van der Waals surface area contributed by atoms with Crippen molar-refractivity contribution >= 4 is 57.3 Å². The van der Waals surface area contributed by atoms with Crippen LogP contribution in [0, 0.1) is 12.8 Å². The van der Waals surface area contributed by atoms with E-state index in [9.17, 15) is 9.59 Å². The van der Waals surface area contributed by atoms with E-state index in [4.69, 9.17) is 23.2 Å². The average Bonchev–Trinajstić information content (AvgIpc) is 3.22. The molecule has 3 aromatic rings. The van der Waals surface area contributed by atoms with E-state index in [0.717, 1.165) is 11.1 Å². The van der Waals surface area contributed by atoms with Crippen molar-refractivity contribution in [1.82, 2.24) is 15.5 Å². The van der Waals surface area contributed by atoms with Crippen LogP contribution in [0.3, 0.4) is 0 Å². The third kappa shape index (κ3) is 6.18. The van der Waals surface area contributed by atoms with Crippen molar-refractivity contribution in [3.05, 3.63) is 58.1 Å². The van der Waals surface area contributed by atoms with E-state index in [-0.39, 0.29) is 11.8 Å². The highest BCUT2D eigenvalue weighted by molar-refractivity contribution is 7.18. The fraction of sp³-hybridized carbons (Fsp3) is 0.273. The largest absolute Gasteiger partial charge is 0.326 e. The molecule has 2 unspecified atom stereocenters. The topological polar surface area (TPSA) is 96.0 Å². The number of benzene rings is 2. The van der Waals surface area contributed by atoms with Gasteiger partial charge in [-0.25, -0.2) is 4.79 Å². The number of carbonyl (C=O) groups is 2. The second kappa shape index (κ2) is 10.8. The molecule has 10 heteroatoms. The second-order valence-corrected chi connectivity index (χ2v) is 9.16. The molecule has 0 aliphatic heterocycles. The summed E-state index contributed by atoms with van der Waals surface area (Å²) in [6.07, 6.45) is 0.693. The van der Waals surface area contributed by atoms with Gasteiger partial charge in [0.1, 0.15) is 11.0 Å². The normalized spacial score (nSPS) is 12.7. The van der Waals surface area contributed by atoms with Crippen molar-refractivity contribution in [1.29, 1.82) is 0 Å². The summed E-state index contributed by atoms with van der Waals surface area (Å²) < 4.78 is 0. The van der Waals surface area contributed by atoms with Crippen molar-refractivity contribution in [2.75, 3.05) is 10.6 Å². The molecule has 2 atom stereocenters. The van der Waals surface area contributed by atoms with Gasteiger partial charge in [-0.3, -0.25) is 10.1 Å². The molecule has 3 N–H and O–H groups in total. The number of urea groups is 1. The van der Waals surface area contributed by atoms with E-state index in [1.54, 1.807) is 24.3 Å². The zero-order chi connectivity index (χ0) is 23.3. The fourth-order valence-corrected chi connectivity index (χ4v) is 3.99. The van der Waals surface area contributed by atoms with Crippen LogP contribution in [-0.2, 0) is 4.79 Å². The third-order valence-electron chi connectivity index (χ3n) is 4.94. The summed E-state index contributed by atoms with van der Waals surface area (Å²) in [4.78, 5) is 25.5. The SMILES string of the molecule is CCC(C)C(NC(=O)Nc1ccc(C)c(Cl)c1)C(=O)Nc1nnc(-c2cccc(Cl)c2)s1. The van der Waals surface area contributed by atoms with Gasteiger partial charge in [0.15, 0.2) is 0 Å². The van der Waals surface area contributed by atoms with Crippen LogP contribution in [0.15, 0.2) is 42.5 Å². The number of hydrogen-bond acceptors (Lipinski definition) is 5. The first-order valence-electron chi connectivity index (χ1n) is 10.0. The maximum Gasteiger partial charge on any atom is 0.319 e. The first-order valence-corrected chi connectivity index (χ1v) is 11.6. The highest BCUT2D eigenvalue weighted by atomic mass is 35.5. The van der Waals surface area contributed by atoms with Crippen LogP contribution in [0.25, 0.3) is 10.6 Å². The summed E-state index contributed by atoms with van der Waals surface area (Å²) in [5, 5.41) is 18.5. The fourth-order valence-electron chi connectivity index (χ4n) is 2.88. The highest BCUT2D eigenvalue weighted by Crippen LogP contribution is 2.28. The van der Waals surface area contributed by atoms with Crippen LogP contribution in [0.5, 0.6) is 0 Å². The molecule has 2 aromatic carbocycles. The van der Waals surface area contributed by atoms with Gasteiger partial charge in [-0.15, -0.1) is 10.2 Å². The maximum atomic E-state index is 12.9. The van der Waals surface area contributed by atoms with Gasteiger partial charge in [-0.1, -0.05) is 73.0 Å². The predicted octanol–water partition coefficient (Wildman–Crippen LogP) is 6.00. The molecule has 0 radical (unpaired) electrons. The van der Waals surface area contributed by atoms with Crippen LogP contribution in [0.1, 0.15) is 25.8 Å². The Morgan fingerprint density at radius 3 is 2.56 bits per heavy atom. The maximum absolute atomic E-state index is 12.9. The summed E-state index contributed by atoms with van der Waals surface area (Å²) in [5.74, 6) is -0.479. The minimum Gasteiger partial charge on any atom is -0.326 e. The Bertz CT molecular complexity index is 1120. The summed E-state index contributed by atoms with van der Waals surface area (Å²) >= 11 is 13.4. The Morgan fingerprint density at radius 2 is 1.88 bits per heavy atom.